The van der Waals surface area contributed by atoms with Gasteiger partial charge in [-0.15, -0.1) is 0 Å². The maximum Gasteiger partial charge on any atom is 0.233 e. The number of amides is 4. The minimum absolute atomic E-state index is 0. The van der Waals surface area contributed by atoms with Crippen molar-refractivity contribution in [3.05, 3.63) is 0 Å². The van der Waals surface area contributed by atoms with Crippen LogP contribution in [0.15, 0.2) is 0 Å². The summed E-state index contributed by atoms with van der Waals surface area (Å²) in [5, 5.41) is 0. The molecule has 0 aromatic rings. The standard InChI is InChI=1S/C13H21NO3.C13H26O.C10H17NO2.C8H16O.4CH4/c1-8(2)10-7-12(16)14(13(10)17)6-5-11(15)9(3)4;1-9(2)7-12(8-10(3)4)13(14)11(5)6;1-6(2)8-5-9(12)11(7(3)4)10(8)13;1-6(2)5-8(9)7(3)4;;;;/h8-10H,5-7H2,1-4H3;9-12H,7-8H2,1-6H3;6-8H,5H2,1-4H3;6-7H,5H2,1-4H3;4*1H4. The van der Waals surface area contributed by atoms with Crippen LogP contribution in [0.4, 0.5) is 0 Å². The molecule has 2 aliphatic rings. The lowest BCUT2D eigenvalue weighted by molar-refractivity contribution is -0.142. The molecule has 2 unspecified atom stereocenters. The molecule has 2 saturated heterocycles. The van der Waals surface area contributed by atoms with Crippen LogP contribution in [-0.4, -0.2) is 63.4 Å². The third-order valence-corrected chi connectivity index (χ3v) is 9.58. The van der Waals surface area contributed by atoms with E-state index in [1.54, 1.807) is 0 Å². The zero-order valence-corrected chi connectivity index (χ0v) is 37.1. The maximum absolute atomic E-state index is 11.9. The molecule has 2 atom stereocenters. The highest BCUT2D eigenvalue weighted by molar-refractivity contribution is 6.04. The molecule has 0 aliphatic carbocycles. The molecular formula is C48H96N2O7. The first-order chi connectivity index (χ1) is 24.2. The van der Waals surface area contributed by atoms with Gasteiger partial charge in [0, 0.05) is 73.8 Å². The van der Waals surface area contributed by atoms with Crippen molar-refractivity contribution in [2.45, 2.75) is 199 Å². The van der Waals surface area contributed by atoms with Crippen LogP contribution in [-0.2, 0) is 33.6 Å². The Balaban J connectivity index is -0.000000152. The van der Waals surface area contributed by atoms with E-state index in [1.165, 1.54) is 9.80 Å². The monoisotopic (exact) mass is 813 g/mol. The molecule has 9 nitrogen and oxygen atoms in total. The fourth-order valence-electron chi connectivity index (χ4n) is 6.29. The van der Waals surface area contributed by atoms with Gasteiger partial charge in [-0.05, 0) is 56.3 Å². The molecule has 0 radical (unpaired) electrons. The summed E-state index contributed by atoms with van der Waals surface area (Å²) < 4.78 is 0. The molecule has 57 heavy (non-hydrogen) atoms. The minimum Gasteiger partial charge on any atom is -0.299 e. The van der Waals surface area contributed by atoms with Crippen molar-refractivity contribution in [1.29, 1.82) is 0 Å². The van der Waals surface area contributed by atoms with E-state index in [0.29, 0.717) is 42.2 Å². The van der Waals surface area contributed by atoms with Crippen LogP contribution in [0.25, 0.3) is 0 Å². The number of imide groups is 2. The highest BCUT2D eigenvalue weighted by atomic mass is 16.2. The van der Waals surface area contributed by atoms with Crippen molar-refractivity contribution in [1.82, 2.24) is 9.80 Å². The summed E-state index contributed by atoms with van der Waals surface area (Å²) in [4.78, 5) is 83.8. The predicted molar refractivity (Wildman–Crippen MR) is 243 cm³/mol. The molecule has 0 aromatic heterocycles. The molecule has 2 aliphatic heterocycles. The Kier molecular flexibility index (Phi) is 37.3. The van der Waals surface area contributed by atoms with E-state index in [0.717, 1.165) is 19.3 Å². The lowest BCUT2D eigenvalue weighted by atomic mass is 9.83. The van der Waals surface area contributed by atoms with E-state index in [-0.39, 0.29) is 125 Å². The van der Waals surface area contributed by atoms with E-state index in [1.807, 2.05) is 83.1 Å². The maximum atomic E-state index is 11.9. The largest absolute Gasteiger partial charge is 0.299 e. The van der Waals surface area contributed by atoms with Gasteiger partial charge in [-0.25, -0.2) is 0 Å². The molecule has 0 saturated carbocycles. The molecule has 4 amide bonds. The number of rotatable bonds is 16. The molecule has 340 valence electrons. The summed E-state index contributed by atoms with van der Waals surface area (Å²) in [6.07, 6.45) is 3.81. The number of nitrogens with zero attached hydrogens (tertiary/aromatic N) is 2. The lowest BCUT2D eigenvalue weighted by Crippen LogP contribution is -2.37. The summed E-state index contributed by atoms with van der Waals surface area (Å²) in [6, 6.07) is 0.00347. The Labute approximate surface area is 354 Å². The lowest BCUT2D eigenvalue weighted by Gasteiger charge is -2.21. The first kappa shape index (κ1) is 66.1. The second-order valence-corrected chi connectivity index (χ2v) is 18.3. The van der Waals surface area contributed by atoms with Gasteiger partial charge >= 0.3 is 0 Å². The first-order valence-corrected chi connectivity index (χ1v) is 20.5. The van der Waals surface area contributed by atoms with Gasteiger partial charge in [-0.3, -0.25) is 43.4 Å². The quantitative estimate of drug-likeness (QED) is 0.142. The van der Waals surface area contributed by atoms with Crippen LogP contribution in [0.2, 0.25) is 0 Å². The zero-order valence-electron chi connectivity index (χ0n) is 37.1. The molecule has 0 spiro atoms. The SMILES string of the molecule is C.C.C.C.CC(C)C(=O)CCN1C(=O)CC(C(C)C)C1=O.CC(C)C1CC(=O)N(C(C)C)C1=O.CC(C)CC(=O)C(C)C.CC(C)CC(CC(C)C)C(=O)C(C)C. The van der Waals surface area contributed by atoms with Crippen LogP contribution in [0.3, 0.4) is 0 Å². The summed E-state index contributed by atoms with van der Waals surface area (Å²) >= 11 is 0. The smallest absolute Gasteiger partial charge is 0.233 e. The number of ketones is 3. The Morgan fingerprint density at radius 3 is 1.16 bits per heavy atom. The molecular weight excluding hydrogens is 717 g/mol. The van der Waals surface area contributed by atoms with E-state index < -0.39 is 0 Å². The van der Waals surface area contributed by atoms with Gasteiger partial charge in [0.25, 0.3) is 0 Å². The van der Waals surface area contributed by atoms with Gasteiger partial charge in [0.05, 0.1) is 0 Å². The molecule has 0 aromatic carbocycles. The molecule has 2 rings (SSSR count). The van der Waals surface area contributed by atoms with Crippen molar-refractivity contribution in [2.24, 2.45) is 65.1 Å². The van der Waals surface area contributed by atoms with E-state index in [2.05, 4.69) is 41.5 Å². The average molecular weight is 813 g/mol. The van der Waals surface area contributed by atoms with Crippen molar-refractivity contribution in [2.75, 3.05) is 6.54 Å². The second-order valence-electron chi connectivity index (χ2n) is 18.3. The zero-order chi connectivity index (χ0) is 42.1. The van der Waals surface area contributed by atoms with Gasteiger partial charge in [0.1, 0.15) is 17.3 Å². The van der Waals surface area contributed by atoms with Crippen molar-refractivity contribution >= 4 is 41.0 Å². The number of Topliss-reactive ketones (excluding diaryl/α,β-unsaturated/α-hetero) is 3. The third-order valence-electron chi connectivity index (χ3n) is 9.58. The van der Waals surface area contributed by atoms with Gasteiger partial charge in [-0.1, -0.05) is 140 Å². The summed E-state index contributed by atoms with van der Waals surface area (Å²) in [5.41, 5.74) is 0. The first-order valence-electron chi connectivity index (χ1n) is 20.5. The molecule has 0 N–H and O–H groups in total. The number of carbonyl (C=O) groups is 7. The fraction of sp³-hybridized carbons (Fsp3) is 0.854. The van der Waals surface area contributed by atoms with E-state index in [4.69, 9.17) is 0 Å². The normalized spacial score (nSPS) is 16.4. The number of hydrogen-bond acceptors (Lipinski definition) is 7. The Morgan fingerprint density at radius 2 is 0.912 bits per heavy atom. The van der Waals surface area contributed by atoms with Crippen molar-refractivity contribution < 1.29 is 33.6 Å². The summed E-state index contributed by atoms with van der Waals surface area (Å²) in [5.74, 6) is 3.26. The van der Waals surface area contributed by atoms with Gasteiger partial charge in [0.2, 0.25) is 23.6 Å². The highest BCUT2D eigenvalue weighted by Crippen LogP contribution is 2.28. The van der Waals surface area contributed by atoms with Crippen LogP contribution in [0, 0.1) is 65.1 Å². The van der Waals surface area contributed by atoms with Gasteiger partial charge in [-0.2, -0.15) is 0 Å². The minimum atomic E-state index is -0.198. The summed E-state index contributed by atoms with van der Waals surface area (Å²) in [6.45, 7) is 36.3. The molecule has 9 heteroatoms. The second kappa shape index (κ2) is 32.2. The third kappa shape index (κ3) is 25.4. The van der Waals surface area contributed by atoms with Crippen LogP contribution in [0.1, 0.15) is 193 Å². The highest BCUT2D eigenvalue weighted by Gasteiger charge is 2.41. The number of hydrogen-bond donors (Lipinski definition) is 0. The van der Waals surface area contributed by atoms with Crippen LogP contribution in [0.5, 0.6) is 0 Å². The van der Waals surface area contributed by atoms with Crippen LogP contribution < -0.4 is 0 Å². The van der Waals surface area contributed by atoms with Crippen LogP contribution >= 0.6 is 0 Å². The molecule has 0 bridgehead atoms. The summed E-state index contributed by atoms with van der Waals surface area (Å²) in [7, 11) is 0. The van der Waals surface area contributed by atoms with E-state index >= 15 is 0 Å². The number of likely N-dealkylation sites (tertiary alicyclic amines) is 2. The molecule has 2 fully saturated rings. The Hall–Kier alpha value is -2.71. The van der Waals surface area contributed by atoms with Crippen molar-refractivity contribution in [3.63, 3.8) is 0 Å². The van der Waals surface area contributed by atoms with E-state index in [9.17, 15) is 33.6 Å². The fourth-order valence-corrected chi connectivity index (χ4v) is 6.29. The van der Waals surface area contributed by atoms with Crippen molar-refractivity contribution in [3.8, 4) is 0 Å². The topological polar surface area (TPSA) is 126 Å². The molecule has 2 heterocycles. The number of carbonyl (C=O) groups excluding carboxylic acids is 7. The predicted octanol–water partition coefficient (Wildman–Crippen LogP) is 11.8. The van der Waals surface area contributed by atoms with Gasteiger partial charge in [0.15, 0.2) is 0 Å². The van der Waals surface area contributed by atoms with Gasteiger partial charge < -0.3 is 0 Å². The Bertz CT molecular complexity index is 1170. The average Bonchev–Trinajstić information content (AvgIpc) is 3.48. The Morgan fingerprint density at radius 1 is 0.526 bits per heavy atom.